The van der Waals surface area contributed by atoms with Gasteiger partial charge in [-0.2, -0.15) is 0 Å². The largest absolute Gasteiger partial charge is 0.489 e. The summed E-state index contributed by atoms with van der Waals surface area (Å²) in [6.45, 7) is 1.49. The smallest absolute Gasteiger partial charge is 0.168 e. The average Bonchev–Trinajstić information content (AvgIpc) is 3.37. The Kier molecular flexibility index (Phi) is 5.87. The topological polar surface area (TPSA) is 57.9 Å². The molecule has 1 fully saturated rings. The Hall–Kier alpha value is -3.81. The molecule has 5 aromatic rings. The van der Waals surface area contributed by atoms with Crippen molar-refractivity contribution in [2.24, 2.45) is 0 Å². The van der Waals surface area contributed by atoms with E-state index in [0.717, 1.165) is 39.1 Å². The van der Waals surface area contributed by atoms with E-state index in [0.29, 0.717) is 38.4 Å². The molecular formula is C29H26FN3O3. The minimum absolute atomic E-state index is 0.313. The molecule has 1 saturated heterocycles. The molecule has 1 aliphatic heterocycles. The summed E-state index contributed by atoms with van der Waals surface area (Å²) in [5.74, 6) is 0.939. The van der Waals surface area contributed by atoms with E-state index < -0.39 is 5.60 Å². The predicted octanol–water partition coefficient (Wildman–Crippen LogP) is 5.92. The number of halogens is 1. The molecular weight excluding hydrogens is 457 g/mol. The van der Waals surface area contributed by atoms with Crippen molar-refractivity contribution in [3.63, 3.8) is 0 Å². The molecule has 6 nitrogen and oxygen atoms in total. The summed E-state index contributed by atoms with van der Waals surface area (Å²) >= 11 is 0. The van der Waals surface area contributed by atoms with Gasteiger partial charge in [0.2, 0.25) is 0 Å². The molecule has 0 spiro atoms. The van der Waals surface area contributed by atoms with Crippen LogP contribution in [-0.4, -0.2) is 34.9 Å². The van der Waals surface area contributed by atoms with Crippen molar-refractivity contribution < 1.29 is 18.6 Å². The summed E-state index contributed by atoms with van der Waals surface area (Å²) in [6.07, 6.45) is 1.36. The second-order valence-electron chi connectivity index (χ2n) is 9.08. The first kappa shape index (κ1) is 22.6. The number of hydrogen-bond acceptors (Lipinski definition) is 5. The van der Waals surface area contributed by atoms with Crippen LogP contribution in [0.5, 0.6) is 5.75 Å². The summed E-state index contributed by atoms with van der Waals surface area (Å²) < 4.78 is 34.0. The van der Waals surface area contributed by atoms with E-state index in [4.69, 9.17) is 14.2 Å². The summed E-state index contributed by atoms with van der Waals surface area (Å²) in [7, 11) is 1.67. The van der Waals surface area contributed by atoms with Crippen LogP contribution in [0.2, 0.25) is 0 Å². The van der Waals surface area contributed by atoms with Crippen molar-refractivity contribution in [3.8, 4) is 17.1 Å². The Labute approximate surface area is 208 Å². The lowest BCUT2D eigenvalue weighted by Crippen LogP contribution is -2.35. The molecule has 0 N–H and O–H groups in total. The Bertz CT molecular complexity index is 1530. The molecule has 7 heteroatoms. The molecule has 182 valence electrons. The molecule has 0 aliphatic carbocycles. The summed E-state index contributed by atoms with van der Waals surface area (Å²) in [5.41, 5.74) is 4.01. The first-order chi connectivity index (χ1) is 17.6. The second-order valence-corrected chi connectivity index (χ2v) is 9.08. The fourth-order valence-electron chi connectivity index (χ4n) is 5.00. The quantitative estimate of drug-likeness (QED) is 0.300. The highest BCUT2D eigenvalue weighted by Crippen LogP contribution is 2.37. The lowest BCUT2D eigenvalue weighted by molar-refractivity contribution is -0.0950. The number of aromatic nitrogens is 3. The van der Waals surface area contributed by atoms with Crippen LogP contribution in [0.25, 0.3) is 27.9 Å². The van der Waals surface area contributed by atoms with E-state index in [1.54, 1.807) is 7.11 Å². The zero-order valence-corrected chi connectivity index (χ0v) is 20.0. The monoisotopic (exact) mass is 483 g/mol. The Morgan fingerprint density at radius 1 is 0.944 bits per heavy atom. The minimum atomic E-state index is -0.553. The molecule has 0 amide bonds. The first-order valence-corrected chi connectivity index (χ1v) is 12.0. The van der Waals surface area contributed by atoms with Gasteiger partial charge in [-0.3, -0.25) is 4.40 Å². The fraction of sp³-hybridized carbons (Fsp3) is 0.241. The molecule has 2 aromatic heterocycles. The summed E-state index contributed by atoms with van der Waals surface area (Å²) in [5, 5.41) is 9.80. The van der Waals surface area contributed by atoms with Crippen LogP contribution in [-0.2, 0) is 21.7 Å². The van der Waals surface area contributed by atoms with Crippen LogP contribution >= 0.6 is 0 Å². The van der Waals surface area contributed by atoms with Gasteiger partial charge in [0.05, 0.1) is 11.1 Å². The van der Waals surface area contributed by atoms with Gasteiger partial charge < -0.3 is 14.2 Å². The minimum Gasteiger partial charge on any atom is -0.489 e. The SMILES string of the molecule is COC1(c2cc(F)cc(OCc3ccc4c(ccc5nnc(-c6ccccc6)n54)c3)c2)CCOCC1. The van der Waals surface area contributed by atoms with Gasteiger partial charge in [-0.05, 0) is 52.9 Å². The molecule has 0 unspecified atom stereocenters. The standard InChI is InChI=1S/C29H26FN3O3/c1-34-29(11-13-35-14-12-29)23-16-24(30)18-25(17-23)36-19-20-7-9-26-22(15-20)8-10-27-31-32-28(33(26)27)21-5-3-2-4-6-21/h2-10,15-18H,11-14,19H2,1H3. The van der Waals surface area contributed by atoms with Crippen LogP contribution < -0.4 is 4.74 Å². The van der Waals surface area contributed by atoms with E-state index in [2.05, 4.69) is 26.7 Å². The molecule has 6 rings (SSSR count). The van der Waals surface area contributed by atoms with Crippen LogP contribution in [0.4, 0.5) is 4.39 Å². The zero-order chi connectivity index (χ0) is 24.5. The van der Waals surface area contributed by atoms with Gasteiger partial charge in [-0.15, -0.1) is 10.2 Å². The molecule has 0 atom stereocenters. The van der Waals surface area contributed by atoms with E-state index >= 15 is 0 Å². The van der Waals surface area contributed by atoms with E-state index in [1.165, 1.54) is 12.1 Å². The lowest BCUT2D eigenvalue weighted by Gasteiger charge is -2.36. The van der Waals surface area contributed by atoms with Crippen molar-refractivity contribution in [1.29, 1.82) is 0 Å². The van der Waals surface area contributed by atoms with E-state index in [9.17, 15) is 4.39 Å². The molecule has 0 bridgehead atoms. The highest BCUT2D eigenvalue weighted by molar-refractivity contribution is 5.84. The molecule has 3 heterocycles. The maximum Gasteiger partial charge on any atom is 0.168 e. The third-order valence-electron chi connectivity index (χ3n) is 6.96. The first-order valence-electron chi connectivity index (χ1n) is 12.0. The van der Waals surface area contributed by atoms with E-state index in [-0.39, 0.29) is 5.82 Å². The number of methoxy groups -OCH3 is 1. The number of benzene rings is 3. The third-order valence-corrected chi connectivity index (χ3v) is 6.96. The van der Waals surface area contributed by atoms with Gasteiger partial charge in [0.1, 0.15) is 18.2 Å². The second kappa shape index (κ2) is 9.33. The van der Waals surface area contributed by atoms with Crippen LogP contribution in [0.3, 0.4) is 0 Å². The average molecular weight is 484 g/mol. The lowest BCUT2D eigenvalue weighted by atomic mass is 9.86. The molecule has 1 aliphatic rings. The maximum absolute atomic E-state index is 14.5. The Morgan fingerprint density at radius 2 is 1.78 bits per heavy atom. The van der Waals surface area contributed by atoms with Crippen molar-refractivity contribution in [2.45, 2.75) is 25.0 Å². The normalized spacial score (nSPS) is 15.4. The number of nitrogens with zero attached hydrogens (tertiary/aromatic N) is 3. The maximum atomic E-state index is 14.5. The third kappa shape index (κ3) is 4.10. The van der Waals surface area contributed by atoms with Gasteiger partial charge in [0, 0.05) is 44.8 Å². The van der Waals surface area contributed by atoms with Gasteiger partial charge in [-0.1, -0.05) is 36.4 Å². The number of rotatable bonds is 6. The van der Waals surface area contributed by atoms with Crippen LogP contribution in [0.15, 0.2) is 78.9 Å². The van der Waals surface area contributed by atoms with Gasteiger partial charge in [0.15, 0.2) is 11.5 Å². The molecule has 3 aromatic carbocycles. The van der Waals surface area contributed by atoms with Crippen LogP contribution in [0.1, 0.15) is 24.0 Å². The highest BCUT2D eigenvalue weighted by atomic mass is 19.1. The van der Waals surface area contributed by atoms with Crippen molar-refractivity contribution in [2.75, 3.05) is 20.3 Å². The summed E-state index contributed by atoms with van der Waals surface area (Å²) in [4.78, 5) is 0. The van der Waals surface area contributed by atoms with Crippen molar-refractivity contribution in [3.05, 3.63) is 95.8 Å². The van der Waals surface area contributed by atoms with Gasteiger partial charge in [0.25, 0.3) is 0 Å². The van der Waals surface area contributed by atoms with Crippen molar-refractivity contribution in [1.82, 2.24) is 14.6 Å². The Balaban J connectivity index is 1.29. The van der Waals surface area contributed by atoms with Gasteiger partial charge in [-0.25, -0.2) is 4.39 Å². The zero-order valence-electron chi connectivity index (χ0n) is 20.0. The highest BCUT2D eigenvalue weighted by Gasteiger charge is 2.35. The molecule has 0 radical (unpaired) electrons. The summed E-state index contributed by atoms with van der Waals surface area (Å²) in [6, 6.07) is 25.0. The number of ether oxygens (including phenoxy) is 3. The fourth-order valence-corrected chi connectivity index (χ4v) is 5.00. The van der Waals surface area contributed by atoms with E-state index in [1.807, 2.05) is 54.6 Å². The van der Waals surface area contributed by atoms with Crippen molar-refractivity contribution >= 4 is 16.6 Å². The predicted molar refractivity (Wildman–Crippen MR) is 135 cm³/mol. The number of hydrogen-bond donors (Lipinski definition) is 0. The molecule has 36 heavy (non-hydrogen) atoms. The number of pyridine rings is 1. The number of fused-ring (bicyclic) bond motifs is 3. The Morgan fingerprint density at radius 3 is 2.58 bits per heavy atom. The van der Waals surface area contributed by atoms with Crippen LogP contribution in [0, 0.1) is 5.82 Å². The molecule has 0 saturated carbocycles. The van der Waals surface area contributed by atoms with Gasteiger partial charge >= 0.3 is 0 Å².